The van der Waals surface area contributed by atoms with Crippen LogP contribution in [0.4, 0.5) is 4.39 Å². The second kappa shape index (κ2) is 8.09. The Bertz CT molecular complexity index is 769. The Morgan fingerprint density at radius 1 is 1.38 bits per heavy atom. The van der Waals surface area contributed by atoms with Gasteiger partial charge in [-0.05, 0) is 42.8 Å². The second-order valence-corrected chi connectivity index (χ2v) is 5.30. The average Bonchev–Trinajstić information content (AvgIpc) is 2.58. The molecule has 0 spiro atoms. The summed E-state index contributed by atoms with van der Waals surface area (Å²) >= 11 is 0. The number of amides is 1. The summed E-state index contributed by atoms with van der Waals surface area (Å²) in [6.07, 6.45) is -0.625. The molecule has 0 fully saturated rings. The van der Waals surface area contributed by atoms with Crippen LogP contribution in [0.1, 0.15) is 28.4 Å². The average molecular weight is 328 g/mol. The number of rotatable bonds is 6. The van der Waals surface area contributed by atoms with Crippen LogP contribution in [0.3, 0.4) is 0 Å². The molecule has 2 N–H and O–H groups in total. The van der Waals surface area contributed by atoms with Crippen LogP contribution in [0.2, 0.25) is 0 Å². The highest BCUT2D eigenvalue weighted by Gasteiger charge is 2.08. The van der Waals surface area contributed by atoms with E-state index in [1.54, 1.807) is 43.3 Å². The van der Waals surface area contributed by atoms with Gasteiger partial charge in [-0.15, -0.1) is 0 Å². The van der Waals surface area contributed by atoms with Gasteiger partial charge in [-0.1, -0.05) is 12.1 Å². The molecule has 0 unspecified atom stereocenters. The van der Waals surface area contributed by atoms with Gasteiger partial charge in [0.05, 0.1) is 11.7 Å². The molecule has 0 bridgehead atoms. The van der Waals surface area contributed by atoms with Crippen LogP contribution in [0.25, 0.3) is 0 Å². The number of aliphatic hydroxyl groups is 1. The normalized spacial score (nSPS) is 11.4. The first-order chi connectivity index (χ1) is 11.5. The Morgan fingerprint density at radius 3 is 2.83 bits per heavy atom. The number of hydrogen-bond donors (Lipinski definition) is 2. The van der Waals surface area contributed by atoms with Crippen molar-refractivity contribution in [3.63, 3.8) is 0 Å². The molecule has 0 heterocycles. The molecule has 5 nitrogen and oxygen atoms in total. The van der Waals surface area contributed by atoms with Gasteiger partial charge < -0.3 is 15.2 Å². The summed E-state index contributed by atoms with van der Waals surface area (Å²) < 4.78 is 19.1. The molecule has 6 heteroatoms. The molecule has 2 aromatic rings. The van der Waals surface area contributed by atoms with Crippen molar-refractivity contribution < 1.29 is 19.0 Å². The minimum Gasteiger partial charge on any atom is -0.489 e. The Kier molecular flexibility index (Phi) is 5.88. The van der Waals surface area contributed by atoms with E-state index in [2.05, 4.69) is 5.32 Å². The van der Waals surface area contributed by atoms with Gasteiger partial charge in [0.25, 0.3) is 5.91 Å². The van der Waals surface area contributed by atoms with Crippen molar-refractivity contribution in [3.8, 4) is 11.8 Å². The molecule has 124 valence electrons. The molecule has 0 radical (unpaired) electrons. The Hall–Kier alpha value is -2.91. The summed E-state index contributed by atoms with van der Waals surface area (Å²) in [6, 6.07) is 12.6. The van der Waals surface area contributed by atoms with Gasteiger partial charge in [0.15, 0.2) is 0 Å². The molecule has 1 atom stereocenters. The van der Waals surface area contributed by atoms with E-state index in [0.717, 1.165) is 0 Å². The number of nitriles is 1. The minimum atomic E-state index is -0.625. The quantitative estimate of drug-likeness (QED) is 0.853. The lowest BCUT2D eigenvalue weighted by molar-refractivity contribution is 0.0923. The number of halogens is 1. The largest absolute Gasteiger partial charge is 0.489 e. The molecule has 0 aromatic heterocycles. The van der Waals surface area contributed by atoms with Gasteiger partial charge in [-0.2, -0.15) is 5.26 Å². The molecule has 2 aromatic carbocycles. The molecule has 1 amide bonds. The highest BCUT2D eigenvalue weighted by Crippen LogP contribution is 2.16. The van der Waals surface area contributed by atoms with Crippen LogP contribution in [-0.2, 0) is 6.61 Å². The topological polar surface area (TPSA) is 82.3 Å². The zero-order valence-corrected chi connectivity index (χ0v) is 13.1. The van der Waals surface area contributed by atoms with E-state index in [1.807, 2.05) is 0 Å². The molecule has 2 rings (SSSR count). The van der Waals surface area contributed by atoms with Crippen LogP contribution in [0.5, 0.6) is 5.75 Å². The zero-order valence-electron chi connectivity index (χ0n) is 13.1. The van der Waals surface area contributed by atoms with E-state index in [1.165, 1.54) is 12.1 Å². The molecule has 0 saturated carbocycles. The summed E-state index contributed by atoms with van der Waals surface area (Å²) in [4.78, 5) is 11.9. The smallest absolute Gasteiger partial charge is 0.251 e. The van der Waals surface area contributed by atoms with Crippen LogP contribution in [0.15, 0.2) is 42.5 Å². The summed E-state index contributed by atoms with van der Waals surface area (Å²) in [7, 11) is 0. The fraction of sp³-hybridized carbons (Fsp3) is 0.222. The van der Waals surface area contributed by atoms with E-state index in [0.29, 0.717) is 16.9 Å². The number of carbonyl (C=O) groups excluding carboxylic acids is 1. The molecule has 0 aliphatic carbocycles. The monoisotopic (exact) mass is 328 g/mol. The molecular weight excluding hydrogens is 311 g/mol. The van der Waals surface area contributed by atoms with Crippen LogP contribution in [-0.4, -0.2) is 23.7 Å². The Labute approximate surface area is 139 Å². The van der Waals surface area contributed by atoms with E-state index >= 15 is 0 Å². The van der Waals surface area contributed by atoms with Crippen molar-refractivity contribution >= 4 is 5.91 Å². The lowest BCUT2D eigenvalue weighted by atomic mass is 10.1. The Balaban J connectivity index is 2.01. The number of nitrogens with zero attached hydrogens (tertiary/aromatic N) is 1. The Morgan fingerprint density at radius 2 is 2.17 bits per heavy atom. The van der Waals surface area contributed by atoms with Crippen molar-refractivity contribution in [3.05, 3.63) is 65.0 Å². The van der Waals surface area contributed by atoms with Gasteiger partial charge in [-0.3, -0.25) is 4.79 Å². The summed E-state index contributed by atoms with van der Waals surface area (Å²) in [6.45, 7) is 1.85. The van der Waals surface area contributed by atoms with Gasteiger partial charge in [0.2, 0.25) is 0 Å². The fourth-order valence-corrected chi connectivity index (χ4v) is 1.98. The SMILES string of the molecule is C[C@H](O)CNC(=O)c1cccc(OCc2ccc(C#N)c(F)c2)c1. The molecule has 0 saturated heterocycles. The molecule has 0 aliphatic heterocycles. The standard InChI is InChI=1S/C18H17FN2O3/c1-12(22)10-21-18(23)14-3-2-4-16(8-14)24-11-13-5-6-15(9-20)17(19)7-13/h2-8,12,22H,10-11H2,1H3,(H,21,23)/t12-/m0/s1. The third-order valence-corrected chi connectivity index (χ3v) is 3.21. The number of benzene rings is 2. The van der Waals surface area contributed by atoms with E-state index in [4.69, 9.17) is 10.00 Å². The van der Waals surface area contributed by atoms with E-state index in [-0.39, 0.29) is 24.6 Å². The zero-order chi connectivity index (χ0) is 17.5. The van der Waals surface area contributed by atoms with Crippen LogP contribution >= 0.6 is 0 Å². The van der Waals surface area contributed by atoms with Gasteiger partial charge >= 0.3 is 0 Å². The third-order valence-electron chi connectivity index (χ3n) is 3.21. The van der Waals surface area contributed by atoms with Crippen molar-refractivity contribution in [2.24, 2.45) is 0 Å². The van der Waals surface area contributed by atoms with Gasteiger partial charge in [0.1, 0.15) is 24.2 Å². The van der Waals surface area contributed by atoms with Crippen molar-refractivity contribution in [1.29, 1.82) is 5.26 Å². The van der Waals surface area contributed by atoms with Gasteiger partial charge in [-0.25, -0.2) is 4.39 Å². The maximum atomic E-state index is 13.5. The second-order valence-electron chi connectivity index (χ2n) is 5.30. The maximum Gasteiger partial charge on any atom is 0.251 e. The maximum absolute atomic E-state index is 13.5. The molecular formula is C18H17FN2O3. The molecule has 24 heavy (non-hydrogen) atoms. The number of carbonyl (C=O) groups is 1. The van der Waals surface area contributed by atoms with E-state index < -0.39 is 11.9 Å². The van der Waals surface area contributed by atoms with Crippen LogP contribution < -0.4 is 10.1 Å². The first-order valence-corrected chi connectivity index (χ1v) is 7.37. The number of hydrogen-bond acceptors (Lipinski definition) is 4. The highest BCUT2D eigenvalue weighted by atomic mass is 19.1. The highest BCUT2D eigenvalue weighted by molar-refractivity contribution is 5.94. The predicted molar refractivity (Wildman–Crippen MR) is 85.9 cm³/mol. The lowest BCUT2D eigenvalue weighted by Crippen LogP contribution is -2.30. The minimum absolute atomic E-state index is 0.0180. The predicted octanol–water partition coefficient (Wildman–Crippen LogP) is 2.39. The number of nitrogens with one attached hydrogen (secondary N) is 1. The summed E-state index contributed by atoms with van der Waals surface area (Å²) in [5.41, 5.74) is 0.963. The number of ether oxygens (including phenoxy) is 1. The third kappa shape index (κ3) is 4.80. The lowest BCUT2D eigenvalue weighted by Gasteiger charge is -2.10. The van der Waals surface area contributed by atoms with Crippen molar-refractivity contribution in [2.45, 2.75) is 19.6 Å². The number of aliphatic hydroxyl groups excluding tert-OH is 1. The van der Waals surface area contributed by atoms with Crippen molar-refractivity contribution in [2.75, 3.05) is 6.54 Å². The van der Waals surface area contributed by atoms with Gasteiger partial charge in [0, 0.05) is 12.1 Å². The molecule has 0 aliphatic rings. The first-order valence-electron chi connectivity index (χ1n) is 7.37. The van der Waals surface area contributed by atoms with Crippen molar-refractivity contribution in [1.82, 2.24) is 5.32 Å². The summed E-state index contributed by atoms with van der Waals surface area (Å²) in [5.74, 6) is -0.444. The first kappa shape index (κ1) is 17.4. The summed E-state index contributed by atoms with van der Waals surface area (Å²) in [5, 5.41) is 20.5. The van der Waals surface area contributed by atoms with Crippen LogP contribution in [0, 0.1) is 17.1 Å². The van der Waals surface area contributed by atoms with E-state index in [9.17, 15) is 14.3 Å². The fourth-order valence-electron chi connectivity index (χ4n) is 1.98.